The lowest BCUT2D eigenvalue weighted by molar-refractivity contribution is -0.385. The summed E-state index contributed by atoms with van der Waals surface area (Å²) >= 11 is 5.84. The SMILES string of the molecule is COCC1(CNC(=O)c2cc(Cl)ccc2[N+](=O)[O-])CCCN1.Cl. The first-order valence-corrected chi connectivity index (χ1v) is 7.31. The predicted octanol–water partition coefficient (Wildman–Crippen LogP) is 2.17. The molecule has 1 heterocycles. The van der Waals surface area contributed by atoms with Crippen molar-refractivity contribution in [2.24, 2.45) is 0 Å². The number of carbonyl (C=O) groups excluding carboxylic acids is 1. The second-order valence-corrected chi connectivity index (χ2v) is 5.78. The van der Waals surface area contributed by atoms with Crippen LogP contribution in [-0.4, -0.2) is 43.2 Å². The summed E-state index contributed by atoms with van der Waals surface area (Å²) in [7, 11) is 1.60. The molecule has 1 aromatic rings. The molecule has 1 fully saturated rings. The van der Waals surface area contributed by atoms with Gasteiger partial charge in [-0.25, -0.2) is 0 Å². The molecule has 0 radical (unpaired) electrons. The van der Waals surface area contributed by atoms with Crippen LogP contribution in [0.4, 0.5) is 5.69 Å². The normalized spacial score (nSPS) is 19.9. The fourth-order valence-corrected chi connectivity index (χ4v) is 2.84. The van der Waals surface area contributed by atoms with E-state index in [2.05, 4.69) is 10.6 Å². The van der Waals surface area contributed by atoms with E-state index in [0.29, 0.717) is 13.2 Å². The minimum Gasteiger partial charge on any atom is -0.383 e. The van der Waals surface area contributed by atoms with Crippen molar-refractivity contribution in [1.29, 1.82) is 0 Å². The molecule has 2 rings (SSSR count). The number of halogens is 2. The summed E-state index contributed by atoms with van der Waals surface area (Å²) in [6.45, 7) is 1.66. The van der Waals surface area contributed by atoms with Crippen molar-refractivity contribution in [1.82, 2.24) is 10.6 Å². The predicted molar refractivity (Wildman–Crippen MR) is 89.5 cm³/mol. The van der Waals surface area contributed by atoms with Crippen LogP contribution in [0.1, 0.15) is 23.2 Å². The van der Waals surface area contributed by atoms with Gasteiger partial charge in [0.15, 0.2) is 0 Å². The topological polar surface area (TPSA) is 93.5 Å². The zero-order valence-electron chi connectivity index (χ0n) is 12.6. The molecule has 128 valence electrons. The van der Waals surface area contributed by atoms with Gasteiger partial charge in [0, 0.05) is 24.7 Å². The minimum atomic E-state index is -0.593. The molecule has 0 spiro atoms. The molecule has 23 heavy (non-hydrogen) atoms. The highest BCUT2D eigenvalue weighted by molar-refractivity contribution is 6.31. The van der Waals surface area contributed by atoms with Crippen molar-refractivity contribution in [2.75, 3.05) is 26.8 Å². The van der Waals surface area contributed by atoms with Crippen molar-refractivity contribution in [2.45, 2.75) is 18.4 Å². The second kappa shape index (κ2) is 8.44. The summed E-state index contributed by atoms with van der Waals surface area (Å²) in [5, 5.41) is 17.4. The van der Waals surface area contributed by atoms with Gasteiger partial charge in [0.1, 0.15) is 5.56 Å². The van der Waals surface area contributed by atoms with Crippen LogP contribution >= 0.6 is 24.0 Å². The summed E-state index contributed by atoms with van der Waals surface area (Å²) in [5.41, 5.74) is -0.622. The van der Waals surface area contributed by atoms with Crippen molar-refractivity contribution in [3.05, 3.63) is 38.9 Å². The van der Waals surface area contributed by atoms with E-state index >= 15 is 0 Å². The Labute approximate surface area is 145 Å². The van der Waals surface area contributed by atoms with Crippen molar-refractivity contribution >= 4 is 35.6 Å². The number of ether oxygens (including phenoxy) is 1. The Kier molecular flexibility index (Phi) is 7.21. The Morgan fingerprint density at radius 3 is 2.87 bits per heavy atom. The molecule has 9 heteroatoms. The van der Waals surface area contributed by atoms with Crippen LogP contribution in [0.3, 0.4) is 0 Å². The van der Waals surface area contributed by atoms with Crippen LogP contribution in [0.25, 0.3) is 0 Å². The summed E-state index contributed by atoms with van der Waals surface area (Å²) in [5.74, 6) is -0.515. The van der Waals surface area contributed by atoms with E-state index in [-0.39, 0.29) is 34.2 Å². The van der Waals surface area contributed by atoms with E-state index in [0.717, 1.165) is 19.4 Å². The first-order chi connectivity index (χ1) is 10.5. The number of nitrogens with zero attached hydrogens (tertiary/aromatic N) is 1. The third kappa shape index (κ3) is 4.78. The van der Waals surface area contributed by atoms with Gasteiger partial charge in [-0.15, -0.1) is 12.4 Å². The molecular formula is C14H19Cl2N3O4. The van der Waals surface area contributed by atoms with Crippen LogP contribution in [0.15, 0.2) is 18.2 Å². The van der Waals surface area contributed by atoms with E-state index < -0.39 is 10.8 Å². The van der Waals surface area contributed by atoms with Gasteiger partial charge in [-0.1, -0.05) is 11.6 Å². The van der Waals surface area contributed by atoms with E-state index in [1.807, 2.05) is 0 Å². The molecule has 0 aliphatic carbocycles. The molecule has 1 amide bonds. The number of methoxy groups -OCH3 is 1. The molecule has 1 atom stereocenters. The van der Waals surface area contributed by atoms with Gasteiger partial charge in [0.2, 0.25) is 0 Å². The van der Waals surface area contributed by atoms with Crippen LogP contribution in [0, 0.1) is 10.1 Å². The van der Waals surface area contributed by atoms with E-state index in [9.17, 15) is 14.9 Å². The summed E-state index contributed by atoms with van der Waals surface area (Å²) < 4.78 is 5.21. The van der Waals surface area contributed by atoms with Crippen molar-refractivity contribution < 1.29 is 14.5 Å². The molecule has 0 aromatic heterocycles. The third-order valence-corrected chi connectivity index (χ3v) is 3.98. The van der Waals surface area contributed by atoms with Crippen molar-refractivity contribution in [3.63, 3.8) is 0 Å². The lowest BCUT2D eigenvalue weighted by Gasteiger charge is -2.28. The number of nitrogens with one attached hydrogen (secondary N) is 2. The lowest BCUT2D eigenvalue weighted by atomic mass is 9.98. The molecule has 1 aromatic carbocycles. The number of amides is 1. The largest absolute Gasteiger partial charge is 0.383 e. The number of hydrogen-bond acceptors (Lipinski definition) is 5. The van der Waals surface area contributed by atoms with E-state index in [4.69, 9.17) is 16.3 Å². The van der Waals surface area contributed by atoms with Gasteiger partial charge in [0.25, 0.3) is 11.6 Å². The Balaban J connectivity index is 0.00000264. The number of nitro benzene ring substituents is 1. The lowest BCUT2D eigenvalue weighted by Crippen LogP contribution is -2.53. The monoisotopic (exact) mass is 363 g/mol. The molecule has 1 aliphatic rings. The number of nitro groups is 1. The molecule has 1 aliphatic heterocycles. The number of carbonyl (C=O) groups is 1. The Bertz CT molecular complexity index is 577. The second-order valence-electron chi connectivity index (χ2n) is 5.34. The molecule has 2 N–H and O–H groups in total. The molecule has 0 saturated carbocycles. The molecule has 1 unspecified atom stereocenters. The summed E-state index contributed by atoms with van der Waals surface area (Å²) in [6.07, 6.45) is 1.87. The fourth-order valence-electron chi connectivity index (χ4n) is 2.66. The van der Waals surface area contributed by atoms with Crippen LogP contribution in [0.5, 0.6) is 0 Å². The van der Waals surface area contributed by atoms with Gasteiger partial charge in [-0.2, -0.15) is 0 Å². The number of benzene rings is 1. The molecule has 7 nitrogen and oxygen atoms in total. The van der Waals surface area contributed by atoms with Crippen LogP contribution in [0.2, 0.25) is 5.02 Å². The van der Waals surface area contributed by atoms with E-state index in [1.54, 1.807) is 7.11 Å². The van der Waals surface area contributed by atoms with Gasteiger partial charge < -0.3 is 15.4 Å². The number of rotatable bonds is 6. The molecule has 1 saturated heterocycles. The molecule has 0 bridgehead atoms. The smallest absolute Gasteiger partial charge is 0.282 e. The third-order valence-electron chi connectivity index (χ3n) is 3.74. The standard InChI is InChI=1S/C14H18ClN3O4.ClH/c1-22-9-14(5-2-6-17-14)8-16-13(19)11-7-10(15)3-4-12(11)18(20)21;/h3-4,7,17H,2,5-6,8-9H2,1H3,(H,16,19);1H. The van der Waals surface area contributed by atoms with E-state index in [1.165, 1.54) is 18.2 Å². The number of hydrogen-bond donors (Lipinski definition) is 2. The average molecular weight is 364 g/mol. The first kappa shape index (κ1) is 19.6. The Morgan fingerprint density at radius 1 is 1.57 bits per heavy atom. The maximum atomic E-state index is 12.3. The summed E-state index contributed by atoms with van der Waals surface area (Å²) in [4.78, 5) is 22.7. The minimum absolute atomic E-state index is 0. The Morgan fingerprint density at radius 2 is 2.30 bits per heavy atom. The Hall–Kier alpha value is -1.41. The fraction of sp³-hybridized carbons (Fsp3) is 0.500. The highest BCUT2D eigenvalue weighted by Crippen LogP contribution is 2.23. The zero-order chi connectivity index (χ0) is 16.2. The quantitative estimate of drug-likeness (QED) is 0.596. The van der Waals surface area contributed by atoms with Crippen LogP contribution in [-0.2, 0) is 4.74 Å². The average Bonchev–Trinajstić information content (AvgIpc) is 2.94. The first-order valence-electron chi connectivity index (χ1n) is 6.93. The van der Waals surface area contributed by atoms with Gasteiger partial charge in [0.05, 0.1) is 17.1 Å². The maximum absolute atomic E-state index is 12.3. The molecular weight excluding hydrogens is 345 g/mol. The zero-order valence-corrected chi connectivity index (χ0v) is 14.2. The van der Waals surface area contributed by atoms with Crippen molar-refractivity contribution in [3.8, 4) is 0 Å². The highest BCUT2D eigenvalue weighted by Gasteiger charge is 2.34. The maximum Gasteiger partial charge on any atom is 0.282 e. The summed E-state index contributed by atoms with van der Waals surface area (Å²) in [6, 6.07) is 3.93. The van der Waals surface area contributed by atoms with Gasteiger partial charge in [-0.3, -0.25) is 14.9 Å². The van der Waals surface area contributed by atoms with Gasteiger partial charge >= 0.3 is 0 Å². The van der Waals surface area contributed by atoms with Crippen LogP contribution < -0.4 is 10.6 Å². The highest BCUT2D eigenvalue weighted by atomic mass is 35.5. The van der Waals surface area contributed by atoms with Gasteiger partial charge in [-0.05, 0) is 31.5 Å².